The van der Waals surface area contributed by atoms with Crippen LogP contribution in [0.1, 0.15) is 24.0 Å². The molecule has 2 rings (SSSR count). The largest absolute Gasteiger partial charge is 0.328 e. The summed E-state index contributed by atoms with van der Waals surface area (Å²) in [6.07, 6.45) is 7.11. The van der Waals surface area contributed by atoms with E-state index in [1.807, 2.05) is 22.9 Å². The number of hydrogen-bond donors (Lipinski definition) is 0. The maximum Gasteiger partial charge on any atom is 0.185 e. The Hall–Kier alpha value is -1.97. The molecule has 16 heavy (non-hydrogen) atoms. The molecule has 0 aliphatic rings. The summed E-state index contributed by atoms with van der Waals surface area (Å²) in [5.74, 6) is 0.473. The van der Waals surface area contributed by atoms with Gasteiger partial charge in [0.15, 0.2) is 12.1 Å². The van der Waals surface area contributed by atoms with Crippen molar-refractivity contribution in [3.63, 3.8) is 0 Å². The van der Waals surface area contributed by atoms with E-state index in [9.17, 15) is 4.79 Å². The van der Waals surface area contributed by atoms with E-state index in [4.69, 9.17) is 0 Å². The average molecular weight is 215 g/mol. The molecule has 0 spiro atoms. The van der Waals surface area contributed by atoms with E-state index < -0.39 is 0 Å². The minimum Gasteiger partial charge on any atom is -0.328 e. The van der Waals surface area contributed by atoms with Gasteiger partial charge in [-0.2, -0.15) is 0 Å². The zero-order valence-corrected chi connectivity index (χ0v) is 9.13. The van der Waals surface area contributed by atoms with Crippen LogP contribution in [0, 0.1) is 0 Å². The Balaban J connectivity index is 2.40. The monoisotopic (exact) mass is 215 g/mol. The number of carbonyl (C=O) groups is 1. The van der Waals surface area contributed by atoms with Crippen molar-refractivity contribution in [3.05, 3.63) is 36.5 Å². The Morgan fingerprint density at radius 1 is 1.50 bits per heavy atom. The van der Waals surface area contributed by atoms with Crippen LogP contribution in [-0.2, 0) is 6.54 Å². The highest BCUT2D eigenvalue weighted by molar-refractivity contribution is 5.72. The molecule has 0 atom stereocenters. The van der Waals surface area contributed by atoms with E-state index in [-0.39, 0.29) is 0 Å². The van der Waals surface area contributed by atoms with Gasteiger partial charge in [0.1, 0.15) is 0 Å². The van der Waals surface area contributed by atoms with Crippen LogP contribution in [0.15, 0.2) is 30.7 Å². The van der Waals surface area contributed by atoms with Crippen LogP contribution in [-0.4, -0.2) is 20.8 Å². The first kappa shape index (κ1) is 10.5. The number of nitrogens with zero attached hydrogens (tertiary/aromatic N) is 3. The van der Waals surface area contributed by atoms with Crippen molar-refractivity contribution in [1.29, 1.82) is 0 Å². The van der Waals surface area contributed by atoms with Crippen LogP contribution in [0.4, 0.5) is 0 Å². The fourth-order valence-electron chi connectivity index (χ4n) is 1.60. The van der Waals surface area contributed by atoms with Crippen molar-refractivity contribution < 1.29 is 4.79 Å². The Bertz CT molecular complexity index is 476. The van der Waals surface area contributed by atoms with Crippen LogP contribution in [0.5, 0.6) is 0 Å². The molecule has 4 heteroatoms. The first-order valence-corrected chi connectivity index (χ1v) is 5.28. The van der Waals surface area contributed by atoms with Gasteiger partial charge >= 0.3 is 0 Å². The molecule has 0 amide bonds. The van der Waals surface area contributed by atoms with E-state index >= 15 is 0 Å². The van der Waals surface area contributed by atoms with E-state index in [2.05, 4.69) is 16.9 Å². The topological polar surface area (TPSA) is 47.8 Å². The highest BCUT2D eigenvalue weighted by Crippen LogP contribution is 2.16. The molecule has 82 valence electrons. The van der Waals surface area contributed by atoms with E-state index in [0.29, 0.717) is 5.82 Å². The molecule has 4 nitrogen and oxygen atoms in total. The van der Waals surface area contributed by atoms with Gasteiger partial charge < -0.3 is 4.57 Å². The van der Waals surface area contributed by atoms with E-state index in [1.165, 1.54) is 0 Å². The van der Waals surface area contributed by atoms with Crippen LogP contribution in [0.2, 0.25) is 0 Å². The number of aldehydes is 1. The normalized spacial score (nSPS) is 10.3. The molecular formula is C12H13N3O. The highest BCUT2D eigenvalue weighted by Gasteiger charge is 2.07. The van der Waals surface area contributed by atoms with Gasteiger partial charge in [-0.15, -0.1) is 0 Å². The fourth-order valence-corrected chi connectivity index (χ4v) is 1.60. The summed E-state index contributed by atoms with van der Waals surface area (Å²) >= 11 is 0. The number of rotatable bonds is 4. The number of aryl methyl sites for hydroxylation is 1. The molecule has 0 N–H and O–H groups in total. The molecule has 2 aromatic heterocycles. The molecule has 0 saturated heterocycles. The predicted octanol–water partition coefficient (Wildman–Crippen LogP) is 2.17. The smallest absolute Gasteiger partial charge is 0.185 e. The van der Waals surface area contributed by atoms with Gasteiger partial charge in [-0.3, -0.25) is 9.78 Å². The van der Waals surface area contributed by atoms with Gasteiger partial charge in [-0.25, -0.2) is 4.98 Å². The summed E-state index contributed by atoms with van der Waals surface area (Å²) in [4.78, 5) is 19.2. The van der Waals surface area contributed by atoms with Crippen molar-refractivity contribution >= 4 is 6.29 Å². The Morgan fingerprint density at radius 2 is 2.38 bits per heavy atom. The standard InChI is InChI=1S/C12H13N3O/c1-2-6-15-8-11(14-12(15)9-16)10-4-3-5-13-7-10/h3-5,7-9H,2,6H2,1H3. The highest BCUT2D eigenvalue weighted by atomic mass is 16.1. The molecule has 2 aromatic rings. The quantitative estimate of drug-likeness (QED) is 0.734. The molecule has 0 aromatic carbocycles. The van der Waals surface area contributed by atoms with Crippen LogP contribution < -0.4 is 0 Å². The van der Waals surface area contributed by atoms with Crippen molar-refractivity contribution in [2.75, 3.05) is 0 Å². The first-order chi connectivity index (χ1) is 7.85. The van der Waals surface area contributed by atoms with Gasteiger partial charge in [0.25, 0.3) is 0 Å². The van der Waals surface area contributed by atoms with Gasteiger partial charge in [-0.05, 0) is 18.6 Å². The van der Waals surface area contributed by atoms with E-state index in [0.717, 1.165) is 30.5 Å². The molecule has 0 fully saturated rings. The Labute approximate surface area is 94.0 Å². The first-order valence-electron chi connectivity index (χ1n) is 5.28. The number of imidazole rings is 1. The van der Waals surface area contributed by atoms with Crippen molar-refractivity contribution in [3.8, 4) is 11.3 Å². The second kappa shape index (κ2) is 4.70. The lowest BCUT2D eigenvalue weighted by Crippen LogP contribution is -2.00. The second-order valence-corrected chi connectivity index (χ2v) is 3.54. The minimum absolute atomic E-state index is 0.473. The summed E-state index contributed by atoms with van der Waals surface area (Å²) in [7, 11) is 0. The minimum atomic E-state index is 0.473. The summed E-state index contributed by atoms with van der Waals surface area (Å²) in [6.45, 7) is 2.87. The molecule has 0 radical (unpaired) electrons. The number of hydrogen-bond acceptors (Lipinski definition) is 3. The third-order valence-electron chi connectivity index (χ3n) is 2.33. The number of pyridine rings is 1. The van der Waals surface area contributed by atoms with Crippen molar-refractivity contribution in [2.45, 2.75) is 19.9 Å². The number of aromatic nitrogens is 3. The van der Waals surface area contributed by atoms with Gasteiger partial charge in [0.05, 0.1) is 5.69 Å². The zero-order valence-electron chi connectivity index (χ0n) is 9.13. The molecule has 2 heterocycles. The maximum atomic E-state index is 10.8. The number of carbonyl (C=O) groups excluding carboxylic acids is 1. The molecule has 0 aliphatic heterocycles. The van der Waals surface area contributed by atoms with Gasteiger partial charge in [0, 0.05) is 30.7 Å². The van der Waals surface area contributed by atoms with E-state index in [1.54, 1.807) is 12.4 Å². The fraction of sp³-hybridized carbons (Fsp3) is 0.250. The predicted molar refractivity (Wildman–Crippen MR) is 61.1 cm³/mol. The van der Waals surface area contributed by atoms with Crippen LogP contribution >= 0.6 is 0 Å². The summed E-state index contributed by atoms with van der Waals surface area (Å²) < 4.78 is 1.87. The Morgan fingerprint density at radius 3 is 3.00 bits per heavy atom. The lowest BCUT2D eigenvalue weighted by molar-refractivity contribution is 0.111. The van der Waals surface area contributed by atoms with Gasteiger partial charge in [-0.1, -0.05) is 6.92 Å². The molecule has 0 unspecified atom stereocenters. The average Bonchev–Trinajstić information content (AvgIpc) is 2.74. The van der Waals surface area contributed by atoms with Crippen LogP contribution in [0.3, 0.4) is 0 Å². The third kappa shape index (κ3) is 2.00. The molecule has 0 saturated carbocycles. The van der Waals surface area contributed by atoms with Crippen LogP contribution in [0.25, 0.3) is 11.3 Å². The van der Waals surface area contributed by atoms with Crippen molar-refractivity contribution in [2.24, 2.45) is 0 Å². The Kier molecular flexibility index (Phi) is 3.10. The third-order valence-corrected chi connectivity index (χ3v) is 2.33. The molecular weight excluding hydrogens is 202 g/mol. The van der Waals surface area contributed by atoms with Crippen molar-refractivity contribution in [1.82, 2.24) is 14.5 Å². The van der Waals surface area contributed by atoms with Gasteiger partial charge in [0.2, 0.25) is 0 Å². The zero-order chi connectivity index (χ0) is 11.4. The molecule has 0 bridgehead atoms. The SMILES string of the molecule is CCCn1cc(-c2cccnc2)nc1C=O. The maximum absolute atomic E-state index is 10.8. The summed E-state index contributed by atoms with van der Waals surface area (Å²) in [6, 6.07) is 3.79. The lowest BCUT2D eigenvalue weighted by Gasteiger charge is -1.98. The second-order valence-electron chi connectivity index (χ2n) is 3.54. The summed E-state index contributed by atoms with van der Waals surface area (Å²) in [5.41, 5.74) is 1.73. The summed E-state index contributed by atoms with van der Waals surface area (Å²) in [5, 5.41) is 0. The molecule has 0 aliphatic carbocycles. The lowest BCUT2D eigenvalue weighted by atomic mass is 10.2.